The summed E-state index contributed by atoms with van der Waals surface area (Å²) in [5.41, 5.74) is 4.46. The summed E-state index contributed by atoms with van der Waals surface area (Å²) in [5.74, 6) is -0.191. The molecule has 3 rings (SSSR count). The number of furan rings is 1. The molecule has 0 aliphatic carbocycles. The second-order valence-electron chi connectivity index (χ2n) is 4.79. The van der Waals surface area contributed by atoms with Crippen molar-refractivity contribution in [3.05, 3.63) is 66.0 Å². The molecular formula is C16H13FN4O2. The van der Waals surface area contributed by atoms with Crippen molar-refractivity contribution in [2.45, 2.75) is 6.92 Å². The highest BCUT2D eigenvalue weighted by Gasteiger charge is 2.11. The summed E-state index contributed by atoms with van der Waals surface area (Å²) in [6.45, 7) is 1.72. The fraction of sp³-hybridized carbons (Fsp3) is 0.0625. The zero-order chi connectivity index (χ0) is 16.2. The summed E-state index contributed by atoms with van der Waals surface area (Å²) < 4.78 is 18.1. The van der Waals surface area contributed by atoms with Gasteiger partial charge in [-0.25, -0.2) is 9.82 Å². The van der Waals surface area contributed by atoms with Gasteiger partial charge in [0.1, 0.15) is 23.0 Å². The van der Waals surface area contributed by atoms with Gasteiger partial charge in [-0.1, -0.05) is 0 Å². The third kappa shape index (κ3) is 3.34. The third-order valence-electron chi connectivity index (χ3n) is 3.17. The van der Waals surface area contributed by atoms with Crippen LogP contribution >= 0.6 is 0 Å². The van der Waals surface area contributed by atoms with Gasteiger partial charge < -0.3 is 4.42 Å². The Morgan fingerprint density at radius 2 is 2.09 bits per heavy atom. The Morgan fingerprint density at radius 1 is 1.30 bits per heavy atom. The van der Waals surface area contributed by atoms with Crippen molar-refractivity contribution < 1.29 is 13.6 Å². The number of aromatic amines is 1. The lowest BCUT2D eigenvalue weighted by molar-refractivity contribution is 0.0950. The van der Waals surface area contributed by atoms with Crippen LogP contribution in [0, 0.1) is 5.82 Å². The predicted molar refractivity (Wildman–Crippen MR) is 82.4 cm³/mol. The van der Waals surface area contributed by atoms with Crippen LogP contribution in [0.1, 0.15) is 23.2 Å². The van der Waals surface area contributed by atoms with Gasteiger partial charge in [-0.2, -0.15) is 10.2 Å². The van der Waals surface area contributed by atoms with Gasteiger partial charge in [-0.15, -0.1) is 0 Å². The number of rotatable bonds is 4. The van der Waals surface area contributed by atoms with E-state index in [4.69, 9.17) is 4.42 Å². The van der Waals surface area contributed by atoms with Crippen molar-refractivity contribution >= 4 is 11.6 Å². The van der Waals surface area contributed by atoms with Crippen LogP contribution in [-0.4, -0.2) is 21.8 Å². The fourth-order valence-electron chi connectivity index (χ4n) is 1.94. The molecule has 116 valence electrons. The van der Waals surface area contributed by atoms with Crippen LogP contribution < -0.4 is 5.43 Å². The van der Waals surface area contributed by atoms with Crippen LogP contribution in [0.15, 0.2) is 58.2 Å². The Kier molecular flexibility index (Phi) is 4.01. The second kappa shape index (κ2) is 6.27. The SMILES string of the molecule is C/C(=N\NC(=O)c1cc(-c2ccc(F)cc2)n[nH]1)c1ccco1. The maximum Gasteiger partial charge on any atom is 0.289 e. The molecule has 1 amide bonds. The molecule has 7 heteroatoms. The third-order valence-corrected chi connectivity index (χ3v) is 3.17. The molecule has 0 spiro atoms. The zero-order valence-electron chi connectivity index (χ0n) is 12.2. The van der Waals surface area contributed by atoms with E-state index in [1.807, 2.05) is 0 Å². The molecule has 2 aromatic heterocycles. The summed E-state index contributed by atoms with van der Waals surface area (Å²) >= 11 is 0. The number of hydrazone groups is 1. The Morgan fingerprint density at radius 3 is 2.78 bits per heavy atom. The molecule has 6 nitrogen and oxygen atoms in total. The minimum atomic E-state index is -0.434. The second-order valence-corrected chi connectivity index (χ2v) is 4.79. The van der Waals surface area contributed by atoms with Crippen LogP contribution in [0.3, 0.4) is 0 Å². The van der Waals surface area contributed by atoms with E-state index >= 15 is 0 Å². The number of H-pyrrole nitrogens is 1. The van der Waals surface area contributed by atoms with Gasteiger partial charge in [0.2, 0.25) is 0 Å². The maximum atomic E-state index is 12.9. The van der Waals surface area contributed by atoms with E-state index in [0.717, 1.165) is 0 Å². The van der Waals surface area contributed by atoms with Crippen molar-refractivity contribution in [3.63, 3.8) is 0 Å². The standard InChI is InChI=1S/C16H13FN4O2/c1-10(15-3-2-8-23-15)18-21-16(22)14-9-13(19-20-14)11-4-6-12(17)7-5-11/h2-9H,1H3,(H,19,20)(H,21,22)/b18-10+. The number of hydrogen-bond donors (Lipinski definition) is 2. The van der Waals surface area contributed by atoms with E-state index in [2.05, 4.69) is 20.7 Å². The van der Waals surface area contributed by atoms with Crippen molar-refractivity contribution in [1.82, 2.24) is 15.6 Å². The van der Waals surface area contributed by atoms with Crippen LogP contribution in [0.25, 0.3) is 11.3 Å². The molecule has 3 aromatic rings. The Labute approximate surface area is 131 Å². The zero-order valence-corrected chi connectivity index (χ0v) is 12.2. The molecule has 0 unspecified atom stereocenters. The first-order valence-electron chi connectivity index (χ1n) is 6.83. The highest BCUT2D eigenvalue weighted by atomic mass is 19.1. The molecule has 0 fully saturated rings. The number of aromatic nitrogens is 2. The lowest BCUT2D eigenvalue weighted by Gasteiger charge is -1.98. The summed E-state index contributed by atoms with van der Waals surface area (Å²) in [4.78, 5) is 12.0. The summed E-state index contributed by atoms with van der Waals surface area (Å²) in [6.07, 6.45) is 1.53. The number of nitrogens with zero attached hydrogens (tertiary/aromatic N) is 2. The minimum Gasteiger partial charge on any atom is -0.463 e. The molecule has 2 heterocycles. The van der Waals surface area contributed by atoms with E-state index in [1.54, 1.807) is 37.3 Å². The number of nitrogens with one attached hydrogen (secondary N) is 2. The average molecular weight is 312 g/mol. The fourth-order valence-corrected chi connectivity index (χ4v) is 1.94. The van der Waals surface area contributed by atoms with Crippen molar-refractivity contribution in [2.24, 2.45) is 5.10 Å². The van der Waals surface area contributed by atoms with Crippen LogP contribution in [0.5, 0.6) is 0 Å². The quantitative estimate of drug-likeness (QED) is 0.574. The summed E-state index contributed by atoms with van der Waals surface area (Å²) in [7, 11) is 0. The highest BCUT2D eigenvalue weighted by Crippen LogP contribution is 2.17. The molecule has 23 heavy (non-hydrogen) atoms. The van der Waals surface area contributed by atoms with E-state index in [1.165, 1.54) is 18.4 Å². The lowest BCUT2D eigenvalue weighted by Crippen LogP contribution is -2.19. The first-order chi connectivity index (χ1) is 11.1. The van der Waals surface area contributed by atoms with Gasteiger partial charge in [0, 0.05) is 5.56 Å². The van der Waals surface area contributed by atoms with Crippen LogP contribution in [0.2, 0.25) is 0 Å². The van der Waals surface area contributed by atoms with E-state index in [0.29, 0.717) is 22.7 Å². The van der Waals surface area contributed by atoms with Crippen molar-refractivity contribution in [1.29, 1.82) is 0 Å². The number of amides is 1. The largest absolute Gasteiger partial charge is 0.463 e. The molecule has 0 atom stereocenters. The maximum absolute atomic E-state index is 12.9. The Balaban J connectivity index is 1.71. The number of hydrogen-bond acceptors (Lipinski definition) is 4. The molecule has 0 aliphatic heterocycles. The van der Waals surface area contributed by atoms with E-state index in [-0.39, 0.29) is 11.5 Å². The number of carbonyl (C=O) groups excluding carboxylic acids is 1. The summed E-state index contributed by atoms with van der Waals surface area (Å²) in [6, 6.07) is 10.9. The average Bonchev–Trinajstić information content (AvgIpc) is 3.24. The Hall–Kier alpha value is -3.22. The Bertz CT molecular complexity index is 835. The lowest BCUT2D eigenvalue weighted by atomic mass is 10.1. The van der Waals surface area contributed by atoms with Gasteiger partial charge >= 0.3 is 0 Å². The highest BCUT2D eigenvalue weighted by molar-refractivity contribution is 5.98. The molecule has 0 radical (unpaired) electrons. The number of halogens is 1. The smallest absolute Gasteiger partial charge is 0.289 e. The predicted octanol–water partition coefficient (Wildman–Crippen LogP) is 2.96. The van der Waals surface area contributed by atoms with Crippen LogP contribution in [0.4, 0.5) is 4.39 Å². The summed E-state index contributed by atoms with van der Waals surface area (Å²) in [5, 5.41) is 10.6. The molecule has 0 saturated carbocycles. The van der Waals surface area contributed by atoms with Gasteiger partial charge in [0.25, 0.3) is 5.91 Å². The van der Waals surface area contributed by atoms with Crippen molar-refractivity contribution in [3.8, 4) is 11.3 Å². The first kappa shape index (κ1) is 14.7. The molecule has 0 aliphatic rings. The topological polar surface area (TPSA) is 83.3 Å². The number of benzene rings is 1. The van der Waals surface area contributed by atoms with Crippen LogP contribution in [-0.2, 0) is 0 Å². The van der Waals surface area contributed by atoms with Gasteiger partial charge in [0.05, 0.1) is 12.0 Å². The van der Waals surface area contributed by atoms with E-state index in [9.17, 15) is 9.18 Å². The van der Waals surface area contributed by atoms with E-state index < -0.39 is 5.91 Å². The molecule has 2 N–H and O–H groups in total. The molecule has 0 bridgehead atoms. The van der Waals surface area contributed by atoms with Crippen molar-refractivity contribution in [2.75, 3.05) is 0 Å². The number of carbonyl (C=O) groups is 1. The van der Waals surface area contributed by atoms with Gasteiger partial charge in [-0.05, 0) is 49.4 Å². The monoisotopic (exact) mass is 312 g/mol. The molecule has 1 aromatic carbocycles. The molecular weight excluding hydrogens is 299 g/mol. The minimum absolute atomic E-state index is 0.250. The first-order valence-corrected chi connectivity index (χ1v) is 6.83. The molecule has 0 saturated heterocycles. The van der Waals surface area contributed by atoms with Gasteiger partial charge in [0.15, 0.2) is 0 Å². The van der Waals surface area contributed by atoms with Gasteiger partial charge in [-0.3, -0.25) is 9.89 Å². The normalized spacial score (nSPS) is 11.5.